The lowest BCUT2D eigenvalue weighted by molar-refractivity contribution is 0.232. The van der Waals surface area contributed by atoms with Crippen LogP contribution in [-0.2, 0) is 0 Å². The quantitative estimate of drug-likeness (QED) is 0.855. The molecule has 1 aromatic rings. The molecule has 1 saturated heterocycles. The van der Waals surface area contributed by atoms with Crippen molar-refractivity contribution in [3.05, 3.63) is 35.9 Å². The van der Waals surface area contributed by atoms with Crippen LogP contribution in [0.1, 0.15) is 37.3 Å². The lowest BCUT2D eigenvalue weighted by Crippen LogP contribution is -2.30. The Morgan fingerprint density at radius 3 is 2.42 bits per heavy atom. The molecule has 0 aromatic heterocycles. The summed E-state index contributed by atoms with van der Waals surface area (Å²) in [6.45, 7) is 2.46. The van der Waals surface area contributed by atoms with Gasteiger partial charge in [0.05, 0.1) is 4.99 Å². The van der Waals surface area contributed by atoms with Crippen molar-refractivity contribution in [2.45, 2.75) is 31.7 Å². The summed E-state index contributed by atoms with van der Waals surface area (Å²) in [6, 6.07) is 11.1. The zero-order valence-corrected chi connectivity index (χ0v) is 12.1. The van der Waals surface area contributed by atoms with Crippen molar-refractivity contribution >= 4 is 17.2 Å². The number of nitrogens with zero attached hydrogens (tertiary/aromatic N) is 1. The Balaban J connectivity index is 1.78. The molecule has 0 bridgehead atoms. The van der Waals surface area contributed by atoms with E-state index in [-0.39, 0.29) is 0 Å². The summed E-state index contributed by atoms with van der Waals surface area (Å²) >= 11 is 5.16. The minimum atomic E-state index is 0.379. The van der Waals surface area contributed by atoms with Crippen LogP contribution in [0.25, 0.3) is 0 Å². The van der Waals surface area contributed by atoms with Gasteiger partial charge in [0.1, 0.15) is 0 Å². The first kappa shape index (κ1) is 13.1. The van der Waals surface area contributed by atoms with Gasteiger partial charge in [-0.3, -0.25) is 4.90 Å². The number of rotatable bonds is 4. The molecule has 2 nitrogen and oxygen atoms in total. The molecule has 1 heterocycles. The first-order valence-corrected chi connectivity index (χ1v) is 7.72. The van der Waals surface area contributed by atoms with E-state index >= 15 is 0 Å². The van der Waals surface area contributed by atoms with Crippen LogP contribution >= 0.6 is 12.2 Å². The van der Waals surface area contributed by atoms with E-state index in [2.05, 4.69) is 35.2 Å². The van der Waals surface area contributed by atoms with Crippen molar-refractivity contribution in [2.75, 3.05) is 13.1 Å². The van der Waals surface area contributed by atoms with Gasteiger partial charge in [0.2, 0.25) is 0 Å². The van der Waals surface area contributed by atoms with Crippen LogP contribution in [0.3, 0.4) is 0 Å². The van der Waals surface area contributed by atoms with Crippen molar-refractivity contribution in [3.63, 3.8) is 0 Å². The van der Waals surface area contributed by atoms with Crippen molar-refractivity contribution < 1.29 is 0 Å². The van der Waals surface area contributed by atoms with E-state index in [1.807, 2.05) is 0 Å². The second-order valence-electron chi connectivity index (χ2n) is 6.00. The van der Waals surface area contributed by atoms with Crippen LogP contribution in [0, 0.1) is 11.8 Å². The maximum atomic E-state index is 5.82. The zero-order chi connectivity index (χ0) is 13.2. The summed E-state index contributed by atoms with van der Waals surface area (Å²) < 4.78 is 0. The van der Waals surface area contributed by atoms with E-state index in [1.54, 1.807) is 0 Å². The van der Waals surface area contributed by atoms with E-state index in [0.29, 0.717) is 11.0 Å². The molecule has 1 aliphatic heterocycles. The van der Waals surface area contributed by atoms with E-state index < -0.39 is 0 Å². The number of fused-ring (bicyclic) bond motifs is 1. The van der Waals surface area contributed by atoms with Crippen LogP contribution in [-0.4, -0.2) is 23.0 Å². The van der Waals surface area contributed by atoms with Crippen LogP contribution in [0.4, 0.5) is 0 Å². The van der Waals surface area contributed by atoms with Gasteiger partial charge >= 0.3 is 0 Å². The van der Waals surface area contributed by atoms with Crippen molar-refractivity contribution in [1.29, 1.82) is 0 Å². The molecule has 2 aliphatic rings. The summed E-state index contributed by atoms with van der Waals surface area (Å²) in [5.41, 5.74) is 7.18. The molecular weight excluding hydrogens is 252 g/mol. The molecule has 1 aliphatic carbocycles. The molecule has 0 radical (unpaired) electrons. The number of nitrogens with two attached hydrogens (primary N) is 1. The minimum Gasteiger partial charge on any atom is -0.393 e. The summed E-state index contributed by atoms with van der Waals surface area (Å²) in [4.78, 5) is 3.24. The van der Waals surface area contributed by atoms with Crippen LogP contribution in [0.5, 0.6) is 0 Å². The van der Waals surface area contributed by atoms with Crippen LogP contribution < -0.4 is 5.73 Å². The van der Waals surface area contributed by atoms with Gasteiger partial charge in [-0.25, -0.2) is 0 Å². The summed E-state index contributed by atoms with van der Waals surface area (Å²) in [5, 5.41) is 0. The second-order valence-corrected chi connectivity index (χ2v) is 6.53. The fourth-order valence-corrected chi connectivity index (χ4v) is 4.01. The topological polar surface area (TPSA) is 29.3 Å². The predicted molar refractivity (Wildman–Crippen MR) is 83.0 cm³/mol. The Bertz CT molecular complexity index is 433. The molecule has 3 rings (SSSR count). The molecule has 102 valence electrons. The van der Waals surface area contributed by atoms with E-state index in [1.165, 1.54) is 37.9 Å². The maximum Gasteiger partial charge on any atom is 0.0746 e. The monoisotopic (exact) mass is 274 g/mol. The Hall–Kier alpha value is -0.930. The van der Waals surface area contributed by atoms with Gasteiger partial charge in [-0.1, -0.05) is 49.0 Å². The molecule has 19 heavy (non-hydrogen) atoms. The van der Waals surface area contributed by atoms with Crippen molar-refractivity contribution in [3.8, 4) is 0 Å². The highest BCUT2D eigenvalue weighted by Gasteiger charge is 2.38. The number of thiocarbonyl (C=S) groups is 1. The molecule has 0 amide bonds. The highest BCUT2D eigenvalue weighted by Crippen LogP contribution is 2.41. The number of hydrogen-bond acceptors (Lipinski definition) is 2. The summed E-state index contributed by atoms with van der Waals surface area (Å²) in [7, 11) is 0. The second kappa shape index (κ2) is 5.59. The summed E-state index contributed by atoms with van der Waals surface area (Å²) in [6.07, 6.45) is 5.05. The average molecular weight is 274 g/mol. The van der Waals surface area contributed by atoms with E-state index in [0.717, 1.165) is 18.3 Å². The van der Waals surface area contributed by atoms with E-state index in [9.17, 15) is 0 Å². The summed E-state index contributed by atoms with van der Waals surface area (Å²) in [5.74, 6) is 1.83. The standard InChI is InChI=1S/C16H22N2S/c17-16(19)9-15(12-5-2-1-3-6-12)18-10-13-7-4-8-14(13)11-18/h1-3,5-6,13-15H,4,7-11H2,(H2,17,19). The smallest absolute Gasteiger partial charge is 0.0746 e. The highest BCUT2D eigenvalue weighted by molar-refractivity contribution is 7.80. The Morgan fingerprint density at radius 2 is 1.84 bits per heavy atom. The molecule has 2 fully saturated rings. The van der Waals surface area contributed by atoms with Gasteiger partial charge in [0.25, 0.3) is 0 Å². The Labute approximate surface area is 121 Å². The Kier molecular flexibility index (Phi) is 3.85. The van der Waals surface area contributed by atoms with Gasteiger partial charge in [-0.2, -0.15) is 0 Å². The lowest BCUT2D eigenvalue weighted by Gasteiger charge is -2.28. The Morgan fingerprint density at radius 1 is 1.21 bits per heavy atom. The largest absolute Gasteiger partial charge is 0.393 e. The van der Waals surface area contributed by atoms with Crippen LogP contribution in [0.15, 0.2) is 30.3 Å². The SMILES string of the molecule is NC(=S)CC(c1ccccc1)N1CC2CCCC2C1. The minimum absolute atomic E-state index is 0.379. The van der Waals surface area contributed by atoms with Gasteiger partial charge in [-0.15, -0.1) is 0 Å². The first-order valence-electron chi connectivity index (χ1n) is 7.31. The van der Waals surface area contributed by atoms with Gasteiger partial charge in [0, 0.05) is 25.6 Å². The average Bonchev–Trinajstić information content (AvgIpc) is 2.97. The van der Waals surface area contributed by atoms with Gasteiger partial charge in [-0.05, 0) is 30.2 Å². The van der Waals surface area contributed by atoms with Gasteiger partial charge in [0.15, 0.2) is 0 Å². The third-order valence-electron chi connectivity index (χ3n) is 4.77. The zero-order valence-electron chi connectivity index (χ0n) is 11.3. The molecule has 3 heteroatoms. The maximum absolute atomic E-state index is 5.82. The molecule has 3 unspecified atom stereocenters. The fourth-order valence-electron chi connectivity index (χ4n) is 3.85. The third kappa shape index (κ3) is 2.82. The predicted octanol–water partition coefficient (Wildman–Crippen LogP) is 3.14. The van der Waals surface area contributed by atoms with Crippen molar-refractivity contribution in [1.82, 2.24) is 4.90 Å². The van der Waals surface area contributed by atoms with Crippen molar-refractivity contribution in [2.24, 2.45) is 17.6 Å². The first-order chi connectivity index (χ1) is 9.24. The molecular formula is C16H22N2S. The van der Waals surface area contributed by atoms with Gasteiger partial charge < -0.3 is 5.73 Å². The molecule has 0 spiro atoms. The highest BCUT2D eigenvalue weighted by atomic mass is 32.1. The number of benzene rings is 1. The number of hydrogen-bond donors (Lipinski definition) is 1. The molecule has 2 N–H and O–H groups in total. The number of likely N-dealkylation sites (tertiary alicyclic amines) is 1. The third-order valence-corrected chi connectivity index (χ3v) is 4.94. The molecule has 1 saturated carbocycles. The van der Waals surface area contributed by atoms with Crippen LogP contribution in [0.2, 0.25) is 0 Å². The lowest BCUT2D eigenvalue weighted by atomic mass is 10.0. The molecule has 1 aromatic carbocycles. The molecule has 3 atom stereocenters. The fraction of sp³-hybridized carbons (Fsp3) is 0.562. The normalized spacial score (nSPS) is 28.2. The van der Waals surface area contributed by atoms with E-state index in [4.69, 9.17) is 18.0 Å².